The summed E-state index contributed by atoms with van der Waals surface area (Å²) >= 11 is 0. The molecule has 80 valence electrons. The molecule has 0 aromatic heterocycles. The van der Waals surface area contributed by atoms with Gasteiger partial charge in [-0.2, -0.15) is 0 Å². The van der Waals surface area contributed by atoms with E-state index in [9.17, 15) is 4.79 Å². The highest BCUT2D eigenvalue weighted by Crippen LogP contribution is 2.21. The molecule has 2 aliphatic heterocycles. The summed E-state index contributed by atoms with van der Waals surface area (Å²) in [6.45, 7) is 6.20. The predicted octanol–water partition coefficient (Wildman–Crippen LogP) is -0.157. The van der Waals surface area contributed by atoms with Crippen LogP contribution in [0, 0.1) is 5.92 Å². The molecule has 0 aliphatic carbocycles. The number of amides is 1. The van der Waals surface area contributed by atoms with Gasteiger partial charge in [-0.15, -0.1) is 0 Å². The van der Waals surface area contributed by atoms with Crippen LogP contribution in [0.25, 0.3) is 0 Å². The first-order valence-corrected chi connectivity index (χ1v) is 5.38. The fourth-order valence-corrected chi connectivity index (χ4v) is 2.13. The Labute approximate surface area is 84.6 Å². The van der Waals surface area contributed by atoms with Gasteiger partial charge in [-0.25, -0.2) is 0 Å². The summed E-state index contributed by atoms with van der Waals surface area (Å²) in [6, 6.07) is 0. The molecule has 2 fully saturated rings. The quantitative estimate of drug-likeness (QED) is 0.637. The third-order valence-electron chi connectivity index (χ3n) is 2.98. The molecule has 0 aromatic carbocycles. The summed E-state index contributed by atoms with van der Waals surface area (Å²) in [7, 11) is 0. The first-order chi connectivity index (χ1) is 6.77. The van der Waals surface area contributed by atoms with Crippen molar-refractivity contribution in [1.29, 1.82) is 0 Å². The van der Waals surface area contributed by atoms with Crippen molar-refractivity contribution in [3.63, 3.8) is 0 Å². The fraction of sp³-hybridized carbons (Fsp3) is 0.900. The Morgan fingerprint density at radius 3 is 2.71 bits per heavy atom. The number of carbonyl (C=O) groups is 1. The van der Waals surface area contributed by atoms with Gasteiger partial charge in [0.1, 0.15) is 0 Å². The van der Waals surface area contributed by atoms with E-state index < -0.39 is 0 Å². The molecule has 4 heteroatoms. The highest BCUT2D eigenvalue weighted by Gasteiger charge is 2.31. The van der Waals surface area contributed by atoms with Crippen molar-refractivity contribution in [2.75, 3.05) is 32.8 Å². The van der Waals surface area contributed by atoms with E-state index in [1.165, 1.54) is 0 Å². The third-order valence-corrected chi connectivity index (χ3v) is 2.98. The SMILES string of the molecule is CC1CC(C(=O)N2CCNCC2)CO1. The van der Waals surface area contributed by atoms with Crippen molar-refractivity contribution in [1.82, 2.24) is 10.2 Å². The normalized spacial score (nSPS) is 33.4. The van der Waals surface area contributed by atoms with Crippen molar-refractivity contribution in [2.45, 2.75) is 19.4 Å². The second kappa shape index (κ2) is 4.28. The Hall–Kier alpha value is -0.610. The summed E-state index contributed by atoms with van der Waals surface area (Å²) in [6.07, 6.45) is 1.15. The lowest BCUT2D eigenvalue weighted by atomic mass is 10.0. The molecule has 14 heavy (non-hydrogen) atoms. The number of ether oxygens (including phenoxy) is 1. The van der Waals surface area contributed by atoms with Crippen LogP contribution in [-0.2, 0) is 9.53 Å². The van der Waals surface area contributed by atoms with Gasteiger partial charge in [0.15, 0.2) is 0 Å². The molecule has 2 unspecified atom stereocenters. The molecule has 2 saturated heterocycles. The number of hydrogen-bond acceptors (Lipinski definition) is 3. The monoisotopic (exact) mass is 198 g/mol. The van der Waals surface area contributed by atoms with E-state index in [0.717, 1.165) is 32.6 Å². The molecule has 1 N–H and O–H groups in total. The number of carbonyl (C=O) groups excluding carboxylic acids is 1. The Morgan fingerprint density at radius 2 is 2.14 bits per heavy atom. The van der Waals surface area contributed by atoms with Crippen LogP contribution in [0.15, 0.2) is 0 Å². The first-order valence-electron chi connectivity index (χ1n) is 5.38. The van der Waals surface area contributed by atoms with E-state index in [1.54, 1.807) is 0 Å². The zero-order chi connectivity index (χ0) is 9.97. The van der Waals surface area contributed by atoms with Gasteiger partial charge in [0, 0.05) is 26.2 Å². The van der Waals surface area contributed by atoms with Crippen LogP contribution in [0.4, 0.5) is 0 Å². The number of hydrogen-bond donors (Lipinski definition) is 1. The second-order valence-corrected chi connectivity index (χ2v) is 4.15. The molecule has 2 aliphatic rings. The zero-order valence-electron chi connectivity index (χ0n) is 8.66. The lowest BCUT2D eigenvalue weighted by Crippen LogP contribution is -2.48. The van der Waals surface area contributed by atoms with E-state index in [0.29, 0.717) is 6.61 Å². The van der Waals surface area contributed by atoms with Gasteiger partial charge in [0.05, 0.1) is 18.6 Å². The summed E-state index contributed by atoms with van der Waals surface area (Å²) < 4.78 is 5.41. The van der Waals surface area contributed by atoms with Gasteiger partial charge < -0.3 is 15.0 Å². The standard InChI is InChI=1S/C10H18N2O2/c1-8-6-9(7-14-8)10(13)12-4-2-11-3-5-12/h8-9,11H,2-7H2,1H3. The van der Waals surface area contributed by atoms with Crippen molar-refractivity contribution in [3.05, 3.63) is 0 Å². The lowest BCUT2D eigenvalue weighted by molar-refractivity contribution is -0.136. The Bertz CT molecular complexity index is 207. The van der Waals surface area contributed by atoms with Crippen LogP contribution in [0.2, 0.25) is 0 Å². The van der Waals surface area contributed by atoms with Crippen molar-refractivity contribution in [2.24, 2.45) is 5.92 Å². The van der Waals surface area contributed by atoms with Crippen molar-refractivity contribution in [3.8, 4) is 0 Å². The van der Waals surface area contributed by atoms with Crippen LogP contribution in [0.1, 0.15) is 13.3 Å². The van der Waals surface area contributed by atoms with Gasteiger partial charge in [-0.3, -0.25) is 4.79 Å². The predicted molar refractivity (Wildman–Crippen MR) is 53.0 cm³/mol. The summed E-state index contributed by atoms with van der Waals surface area (Å²) in [5.41, 5.74) is 0. The minimum atomic E-state index is 0.114. The average Bonchev–Trinajstić information content (AvgIpc) is 2.65. The molecular weight excluding hydrogens is 180 g/mol. The van der Waals surface area contributed by atoms with Gasteiger partial charge in [-0.1, -0.05) is 0 Å². The maximum Gasteiger partial charge on any atom is 0.228 e. The van der Waals surface area contributed by atoms with Gasteiger partial charge >= 0.3 is 0 Å². The van der Waals surface area contributed by atoms with Gasteiger partial charge in [0.25, 0.3) is 0 Å². The second-order valence-electron chi connectivity index (χ2n) is 4.15. The molecule has 0 saturated carbocycles. The Kier molecular flexibility index (Phi) is 3.03. The molecule has 0 bridgehead atoms. The van der Waals surface area contributed by atoms with E-state index in [2.05, 4.69) is 5.32 Å². The van der Waals surface area contributed by atoms with Crippen LogP contribution in [-0.4, -0.2) is 49.7 Å². The van der Waals surface area contributed by atoms with E-state index in [-0.39, 0.29) is 17.9 Å². The first kappa shape index (κ1) is 9.93. The molecule has 2 rings (SSSR count). The minimum Gasteiger partial charge on any atom is -0.378 e. The fourth-order valence-electron chi connectivity index (χ4n) is 2.13. The highest BCUT2D eigenvalue weighted by molar-refractivity contribution is 5.79. The average molecular weight is 198 g/mol. The molecule has 2 heterocycles. The third kappa shape index (κ3) is 2.07. The maximum absolute atomic E-state index is 12.0. The van der Waals surface area contributed by atoms with Gasteiger partial charge in [-0.05, 0) is 13.3 Å². The molecule has 0 spiro atoms. The number of piperazine rings is 1. The minimum absolute atomic E-state index is 0.114. The summed E-state index contributed by atoms with van der Waals surface area (Å²) in [5, 5.41) is 3.24. The molecule has 4 nitrogen and oxygen atoms in total. The molecule has 2 atom stereocenters. The molecule has 1 amide bonds. The highest BCUT2D eigenvalue weighted by atomic mass is 16.5. The van der Waals surface area contributed by atoms with E-state index in [1.807, 2.05) is 11.8 Å². The molecule has 0 radical (unpaired) electrons. The Morgan fingerprint density at radius 1 is 1.43 bits per heavy atom. The zero-order valence-corrected chi connectivity index (χ0v) is 8.66. The van der Waals surface area contributed by atoms with Crippen molar-refractivity contribution < 1.29 is 9.53 Å². The largest absolute Gasteiger partial charge is 0.378 e. The van der Waals surface area contributed by atoms with Crippen LogP contribution in [0.5, 0.6) is 0 Å². The topological polar surface area (TPSA) is 41.6 Å². The van der Waals surface area contributed by atoms with Gasteiger partial charge in [0.2, 0.25) is 5.91 Å². The molecule has 0 aromatic rings. The Balaban J connectivity index is 1.87. The van der Waals surface area contributed by atoms with E-state index in [4.69, 9.17) is 4.74 Å². The molecular formula is C10H18N2O2. The summed E-state index contributed by atoms with van der Waals surface area (Å²) in [4.78, 5) is 13.9. The van der Waals surface area contributed by atoms with Crippen LogP contribution < -0.4 is 5.32 Å². The van der Waals surface area contributed by atoms with Crippen molar-refractivity contribution >= 4 is 5.91 Å². The number of nitrogens with zero attached hydrogens (tertiary/aromatic N) is 1. The maximum atomic E-state index is 12.0. The van der Waals surface area contributed by atoms with E-state index >= 15 is 0 Å². The summed E-state index contributed by atoms with van der Waals surface area (Å²) in [5.74, 6) is 0.402. The van der Waals surface area contributed by atoms with Crippen LogP contribution >= 0.6 is 0 Å². The number of rotatable bonds is 1. The number of nitrogens with one attached hydrogen (secondary N) is 1. The smallest absolute Gasteiger partial charge is 0.228 e. The lowest BCUT2D eigenvalue weighted by Gasteiger charge is -2.29. The van der Waals surface area contributed by atoms with Crippen LogP contribution in [0.3, 0.4) is 0 Å².